The highest BCUT2D eigenvalue weighted by molar-refractivity contribution is 7.98. The Labute approximate surface area is 126 Å². The van der Waals surface area contributed by atoms with E-state index in [-0.39, 0.29) is 12.5 Å². The number of carbonyl (C=O) groups is 1. The van der Waals surface area contributed by atoms with Gasteiger partial charge in [-0.1, -0.05) is 17.9 Å². The van der Waals surface area contributed by atoms with Gasteiger partial charge in [0.2, 0.25) is 0 Å². The fraction of sp³-hybridized carbons (Fsp3) is 0.133. The van der Waals surface area contributed by atoms with Gasteiger partial charge in [0.15, 0.2) is 0 Å². The van der Waals surface area contributed by atoms with Crippen LogP contribution < -0.4 is 5.32 Å². The number of anilines is 1. The number of aliphatic hydroxyl groups is 1. The highest BCUT2D eigenvalue weighted by Gasteiger charge is 2.12. The number of hydrogen-bond acceptors (Lipinski definition) is 4. The topological polar surface area (TPSA) is 49.3 Å². The van der Waals surface area contributed by atoms with Crippen molar-refractivity contribution in [2.24, 2.45) is 0 Å². The fourth-order valence-corrected chi connectivity index (χ4v) is 2.81. The van der Waals surface area contributed by atoms with Crippen LogP contribution >= 0.6 is 23.1 Å². The second-order valence-electron chi connectivity index (χ2n) is 3.81. The molecule has 0 saturated heterocycles. The number of amides is 1. The van der Waals surface area contributed by atoms with Crippen molar-refractivity contribution in [1.29, 1.82) is 0 Å². The van der Waals surface area contributed by atoms with Crippen LogP contribution in [0, 0.1) is 11.8 Å². The molecule has 3 nitrogen and oxygen atoms in total. The minimum Gasteiger partial charge on any atom is -0.384 e. The lowest BCUT2D eigenvalue weighted by atomic mass is 10.2. The first-order valence-electron chi connectivity index (χ1n) is 5.87. The molecule has 0 aliphatic heterocycles. The van der Waals surface area contributed by atoms with E-state index in [0.717, 1.165) is 10.6 Å². The molecule has 0 unspecified atom stereocenters. The summed E-state index contributed by atoms with van der Waals surface area (Å²) >= 11 is 2.96. The molecule has 2 aromatic rings. The van der Waals surface area contributed by atoms with Gasteiger partial charge in [-0.2, -0.15) is 0 Å². The summed E-state index contributed by atoms with van der Waals surface area (Å²) in [5, 5.41) is 13.4. The van der Waals surface area contributed by atoms with Gasteiger partial charge >= 0.3 is 0 Å². The number of hydrogen-bond donors (Lipinski definition) is 2. The molecule has 0 aliphatic rings. The Kier molecular flexibility index (Phi) is 5.24. The van der Waals surface area contributed by atoms with Crippen molar-refractivity contribution in [1.82, 2.24) is 0 Å². The van der Waals surface area contributed by atoms with Crippen molar-refractivity contribution in [3.05, 3.63) is 46.2 Å². The van der Waals surface area contributed by atoms with Crippen LogP contribution in [0.2, 0.25) is 0 Å². The molecule has 20 heavy (non-hydrogen) atoms. The standard InChI is InChI=1S/C15H13NO2S2/c1-19-13-6-2-5-12(10-13)16-15(18)14-11(4-3-8-17)7-9-20-14/h2,5-7,9-10,17H,8H2,1H3,(H,16,18). The van der Waals surface area contributed by atoms with Gasteiger partial charge in [0.05, 0.1) is 0 Å². The molecule has 2 rings (SSSR count). The molecule has 0 atom stereocenters. The molecule has 0 spiro atoms. The second kappa shape index (κ2) is 7.15. The quantitative estimate of drug-likeness (QED) is 0.677. The lowest BCUT2D eigenvalue weighted by Crippen LogP contribution is -2.11. The SMILES string of the molecule is CSc1cccc(NC(=O)c2sccc2C#CCO)c1. The third-order valence-corrected chi connectivity index (χ3v) is 4.14. The summed E-state index contributed by atoms with van der Waals surface area (Å²) in [6.07, 6.45) is 1.99. The Morgan fingerprint density at radius 1 is 1.45 bits per heavy atom. The molecule has 0 saturated carbocycles. The van der Waals surface area contributed by atoms with E-state index in [1.54, 1.807) is 17.8 Å². The highest BCUT2D eigenvalue weighted by atomic mass is 32.2. The van der Waals surface area contributed by atoms with E-state index in [1.165, 1.54) is 11.3 Å². The minimum absolute atomic E-state index is 0.180. The summed E-state index contributed by atoms with van der Waals surface area (Å²) in [5.74, 6) is 5.15. The third kappa shape index (κ3) is 3.64. The van der Waals surface area contributed by atoms with Crippen LogP contribution in [0.15, 0.2) is 40.6 Å². The summed E-state index contributed by atoms with van der Waals surface area (Å²) in [5.41, 5.74) is 1.40. The van der Waals surface area contributed by atoms with Crippen molar-refractivity contribution < 1.29 is 9.90 Å². The lowest BCUT2D eigenvalue weighted by Gasteiger charge is -2.05. The molecule has 1 aromatic carbocycles. The molecule has 1 amide bonds. The summed E-state index contributed by atoms with van der Waals surface area (Å²) in [6.45, 7) is -0.216. The van der Waals surface area contributed by atoms with E-state index >= 15 is 0 Å². The highest BCUT2D eigenvalue weighted by Crippen LogP contribution is 2.21. The van der Waals surface area contributed by atoms with Crippen LogP contribution in [-0.2, 0) is 0 Å². The van der Waals surface area contributed by atoms with Gasteiger partial charge in [-0.05, 0) is 35.9 Å². The van der Waals surface area contributed by atoms with Crippen LogP contribution in [0.4, 0.5) is 5.69 Å². The number of rotatable bonds is 3. The lowest BCUT2D eigenvalue weighted by molar-refractivity contribution is 0.103. The number of thiophene rings is 1. The zero-order valence-corrected chi connectivity index (χ0v) is 12.5. The van der Waals surface area contributed by atoms with Crippen LogP contribution in [-0.4, -0.2) is 23.9 Å². The Balaban J connectivity index is 2.18. The Morgan fingerprint density at radius 2 is 2.30 bits per heavy atom. The molecule has 102 valence electrons. The van der Waals surface area contributed by atoms with Gasteiger partial charge < -0.3 is 10.4 Å². The zero-order valence-electron chi connectivity index (χ0n) is 10.8. The summed E-state index contributed by atoms with van der Waals surface area (Å²) in [6, 6.07) is 9.45. The van der Waals surface area contributed by atoms with Gasteiger partial charge in [0, 0.05) is 16.1 Å². The number of nitrogens with one attached hydrogen (secondary N) is 1. The molecule has 0 aliphatic carbocycles. The molecule has 2 N–H and O–H groups in total. The van der Waals surface area contributed by atoms with Gasteiger partial charge in [0.1, 0.15) is 11.5 Å². The average Bonchev–Trinajstić information content (AvgIpc) is 2.93. The summed E-state index contributed by atoms with van der Waals surface area (Å²) < 4.78 is 0. The molecule has 0 radical (unpaired) electrons. The predicted molar refractivity (Wildman–Crippen MR) is 84.5 cm³/mol. The second-order valence-corrected chi connectivity index (χ2v) is 5.61. The third-order valence-electron chi connectivity index (χ3n) is 2.50. The van der Waals surface area contributed by atoms with Gasteiger partial charge in [0.25, 0.3) is 5.91 Å². The summed E-state index contributed by atoms with van der Waals surface area (Å²) in [7, 11) is 0. The van der Waals surface area contributed by atoms with Crippen molar-refractivity contribution in [2.75, 3.05) is 18.2 Å². The maximum Gasteiger partial charge on any atom is 0.267 e. The molecular weight excluding hydrogens is 290 g/mol. The van der Waals surface area contributed by atoms with E-state index < -0.39 is 0 Å². The fourth-order valence-electron chi connectivity index (χ4n) is 1.61. The monoisotopic (exact) mass is 303 g/mol. The van der Waals surface area contributed by atoms with Crippen molar-refractivity contribution >= 4 is 34.7 Å². The molecular formula is C15H13NO2S2. The van der Waals surface area contributed by atoms with Crippen LogP contribution in [0.3, 0.4) is 0 Å². The molecule has 5 heteroatoms. The van der Waals surface area contributed by atoms with Crippen molar-refractivity contribution in [2.45, 2.75) is 4.90 Å². The van der Waals surface area contributed by atoms with Gasteiger partial charge in [-0.25, -0.2) is 0 Å². The molecule has 0 fully saturated rings. The van der Waals surface area contributed by atoms with Crippen LogP contribution in [0.1, 0.15) is 15.2 Å². The van der Waals surface area contributed by atoms with Gasteiger partial charge in [-0.3, -0.25) is 4.79 Å². The van der Waals surface area contributed by atoms with Gasteiger partial charge in [-0.15, -0.1) is 23.1 Å². The number of carbonyl (C=O) groups excluding carboxylic acids is 1. The number of thioether (sulfide) groups is 1. The normalized spacial score (nSPS) is 9.70. The first-order valence-corrected chi connectivity index (χ1v) is 7.97. The minimum atomic E-state index is -0.216. The van der Waals surface area contributed by atoms with E-state index in [4.69, 9.17) is 5.11 Å². The molecule has 1 heterocycles. The predicted octanol–water partition coefficient (Wildman–Crippen LogP) is 3.07. The molecule has 0 bridgehead atoms. The first kappa shape index (κ1) is 14.7. The maximum absolute atomic E-state index is 12.2. The smallest absolute Gasteiger partial charge is 0.267 e. The Hall–Kier alpha value is -1.74. The zero-order chi connectivity index (χ0) is 14.4. The number of aliphatic hydroxyl groups excluding tert-OH is 1. The largest absolute Gasteiger partial charge is 0.384 e. The van der Waals surface area contributed by atoms with E-state index in [2.05, 4.69) is 17.2 Å². The maximum atomic E-state index is 12.2. The van der Waals surface area contributed by atoms with Crippen LogP contribution in [0.25, 0.3) is 0 Å². The van der Waals surface area contributed by atoms with E-state index in [0.29, 0.717) is 10.4 Å². The summed E-state index contributed by atoms with van der Waals surface area (Å²) in [4.78, 5) is 13.9. The van der Waals surface area contributed by atoms with E-state index in [9.17, 15) is 4.79 Å². The van der Waals surface area contributed by atoms with E-state index in [1.807, 2.05) is 35.9 Å². The van der Waals surface area contributed by atoms with Crippen molar-refractivity contribution in [3.63, 3.8) is 0 Å². The number of benzene rings is 1. The average molecular weight is 303 g/mol. The van der Waals surface area contributed by atoms with Crippen molar-refractivity contribution in [3.8, 4) is 11.8 Å². The van der Waals surface area contributed by atoms with Crippen LogP contribution in [0.5, 0.6) is 0 Å². The molecule has 1 aromatic heterocycles. The Morgan fingerprint density at radius 3 is 3.05 bits per heavy atom. The first-order chi connectivity index (χ1) is 9.74. The Bertz CT molecular complexity index is 668.